The number of nitrogens with one attached hydrogen (secondary N) is 1. The van der Waals surface area contributed by atoms with Crippen LogP contribution in [0.3, 0.4) is 0 Å². The highest BCUT2D eigenvalue weighted by Crippen LogP contribution is 2.36. The van der Waals surface area contributed by atoms with E-state index in [2.05, 4.69) is 31.3 Å². The molecule has 2 aromatic heterocycles. The lowest BCUT2D eigenvalue weighted by Crippen LogP contribution is -2.15. The zero-order valence-corrected chi connectivity index (χ0v) is 20.3. The highest BCUT2D eigenvalue weighted by Gasteiger charge is 2.35. The standard InChI is InChI=1S/C25H20BrF3N4O2/c1-3-15-6-4-7-16(12-15)21-14-22(31-20-10-9-17(26)13-18(20)24(34)35-2)33(32-21)23-19(25(27,28)29)8-5-11-30-23/h4-14,31H,3H2,1-2H3. The van der Waals surface area contributed by atoms with Crippen LogP contribution in [0.25, 0.3) is 17.1 Å². The number of methoxy groups -OCH3 is 1. The monoisotopic (exact) mass is 544 g/mol. The Kier molecular flexibility index (Phi) is 6.93. The smallest absolute Gasteiger partial charge is 0.420 e. The molecule has 4 aromatic rings. The van der Waals surface area contributed by atoms with Crippen molar-refractivity contribution in [3.63, 3.8) is 0 Å². The zero-order chi connectivity index (χ0) is 25.2. The molecule has 0 amide bonds. The van der Waals surface area contributed by atoms with Crippen molar-refractivity contribution in [2.75, 3.05) is 12.4 Å². The van der Waals surface area contributed by atoms with Crippen LogP contribution in [0.4, 0.5) is 24.7 Å². The first kappa shape index (κ1) is 24.5. The van der Waals surface area contributed by atoms with Gasteiger partial charge in [-0.1, -0.05) is 41.1 Å². The molecule has 0 fully saturated rings. The molecule has 0 saturated carbocycles. The molecule has 6 nitrogen and oxygen atoms in total. The lowest BCUT2D eigenvalue weighted by molar-refractivity contribution is -0.137. The van der Waals surface area contributed by atoms with Gasteiger partial charge in [-0.3, -0.25) is 0 Å². The number of ether oxygens (including phenoxy) is 1. The first-order chi connectivity index (χ1) is 16.7. The van der Waals surface area contributed by atoms with Crippen LogP contribution in [0, 0.1) is 0 Å². The molecule has 0 saturated heterocycles. The number of alkyl halides is 3. The summed E-state index contributed by atoms with van der Waals surface area (Å²) in [7, 11) is 1.25. The van der Waals surface area contributed by atoms with E-state index < -0.39 is 23.5 Å². The number of nitrogens with zero attached hydrogens (tertiary/aromatic N) is 3. The molecule has 180 valence electrons. The molecule has 0 aliphatic carbocycles. The van der Waals surface area contributed by atoms with Crippen LogP contribution in [0.5, 0.6) is 0 Å². The second kappa shape index (κ2) is 9.91. The van der Waals surface area contributed by atoms with E-state index >= 15 is 0 Å². The SMILES string of the molecule is CCc1cccc(-c2cc(Nc3ccc(Br)cc3C(=O)OC)n(-c3ncccc3C(F)(F)F)n2)c1. The van der Waals surface area contributed by atoms with Gasteiger partial charge in [-0.2, -0.15) is 23.0 Å². The average Bonchev–Trinajstić information content (AvgIpc) is 3.27. The second-order valence-electron chi connectivity index (χ2n) is 7.56. The Morgan fingerprint density at radius 2 is 1.91 bits per heavy atom. The summed E-state index contributed by atoms with van der Waals surface area (Å²) in [5.41, 5.74) is 1.82. The van der Waals surface area contributed by atoms with Gasteiger partial charge in [0.15, 0.2) is 5.82 Å². The molecule has 2 heterocycles. The van der Waals surface area contributed by atoms with E-state index in [-0.39, 0.29) is 11.4 Å². The Morgan fingerprint density at radius 3 is 2.63 bits per heavy atom. The van der Waals surface area contributed by atoms with Gasteiger partial charge in [0.25, 0.3) is 0 Å². The average molecular weight is 545 g/mol. The molecule has 0 aliphatic rings. The minimum absolute atomic E-state index is 0.193. The maximum Gasteiger partial charge on any atom is 0.420 e. The number of hydrogen-bond donors (Lipinski definition) is 1. The molecule has 2 aromatic carbocycles. The third-order valence-corrected chi connectivity index (χ3v) is 5.78. The zero-order valence-electron chi connectivity index (χ0n) is 18.7. The van der Waals surface area contributed by atoms with E-state index in [1.54, 1.807) is 24.3 Å². The molecular formula is C25H20BrF3N4O2. The topological polar surface area (TPSA) is 69.0 Å². The summed E-state index contributed by atoms with van der Waals surface area (Å²) in [6, 6.07) is 16.3. The summed E-state index contributed by atoms with van der Waals surface area (Å²) in [5.74, 6) is -0.805. The third kappa shape index (κ3) is 5.22. The van der Waals surface area contributed by atoms with E-state index in [9.17, 15) is 18.0 Å². The number of aryl methyl sites for hydroxylation is 1. The molecule has 0 radical (unpaired) electrons. The highest BCUT2D eigenvalue weighted by atomic mass is 79.9. The van der Waals surface area contributed by atoms with Crippen LogP contribution in [-0.4, -0.2) is 27.8 Å². The Morgan fingerprint density at radius 1 is 1.11 bits per heavy atom. The van der Waals surface area contributed by atoms with Gasteiger partial charge in [0.05, 0.1) is 24.1 Å². The van der Waals surface area contributed by atoms with E-state index in [1.807, 2.05) is 31.2 Å². The van der Waals surface area contributed by atoms with E-state index in [0.717, 1.165) is 28.3 Å². The van der Waals surface area contributed by atoms with Crippen LogP contribution >= 0.6 is 15.9 Å². The predicted molar refractivity (Wildman–Crippen MR) is 130 cm³/mol. The van der Waals surface area contributed by atoms with Gasteiger partial charge < -0.3 is 10.1 Å². The number of rotatable bonds is 6. The summed E-state index contributed by atoms with van der Waals surface area (Å²) < 4.78 is 48.0. The molecule has 0 unspecified atom stereocenters. The minimum atomic E-state index is -4.65. The van der Waals surface area contributed by atoms with Gasteiger partial charge >= 0.3 is 12.1 Å². The number of carbonyl (C=O) groups is 1. The van der Waals surface area contributed by atoms with Crippen molar-refractivity contribution in [1.29, 1.82) is 0 Å². The lowest BCUT2D eigenvalue weighted by Gasteiger charge is -2.15. The number of carbonyl (C=O) groups excluding carboxylic acids is 1. The van der Waals surface area contributed by atoms with Gasteiger partial charge in [-0.05, 0) is 48.4 Å². The fraction of sp³-hybridized carbons (Fsp3) is 0.160. The number of hydrogen-bond acceptors (Lipinski definition) is 5. The Hall–Kier alpha value is -3.66. The van der Waals surface area contributed by atoms with Crippen molar-refractivity contribution in [1.82, 2.24) is 14.8 Å². The quantitative estimate of drug-likeness (QED) is 0.270. The van der Waals surface area contributed by atoms with Gasteiger partial charge in [0.2, 0.25) is 0 Å². The summed E-state index contributed by atoms with van der Waals surface area (Å²) in [5, 5.41) is 7.53. The van der Waals surface area contributed by atoms with Crippen molar-refractivity contribution in [3.05, 3.63) is 88.0 Å². The van der Waals surface area contributed by atoms with Crippen molar-refractivity contribution in [2.45, 2.75) is 19.5 Å². The predicted octanol–water partition coefficient (Wildman–Crippen LogP) is 6.81. The highest BCUT2D eigenvalue weighted by molar-refractivity contribution is 9.10. The Bertz CT molecular complexity index is 1390. The van der Waals surface area contributed by atoms with Gasteiger partial charge in [0.1, 0.15) is 11.4 Å². The van der Waals surface area contributed by atoms with Crippen molar-refractivity contribution >= 4 is 33.4 Å². The molecule has 0 atom stereocenters. The van der Waals surface area contributed by atoms with Crippen molar-refractivity contribution in [3.8, 4) is 17.1 Å². The van der Waals surface area contributed by atoms with Gasteiger partial charge in [0, 0.05) is 22.3 Å². The third-order valence-electron chi connectivity index (χ3n) is 5.28. The summed E-state index contributed by atoms with van der Waals surface area (Å²) >= 11 is 3.32. The molecular weight excluding hydrogens is 525 g/mol. The van der Waals surface area contributed by atoms with E-state index in [0.29, 0.717) is 15.9 Å². The Balaban J connectivity index is 1.91. The fourth-order valence-electron chi connectivity index (χ4n) is 3.55. The molecule has 1 N–H and O–H groups in total. The number of pyridine rings is 1. The summed E-state index contributed by atoms with van der Waals surface area (Å²) in [6.07, 6.45) is -2.59. The molecule has 0 aliphatic heterocycles. The summed E-state index contributed by atoms with van der Waals surface area (Å²) in [4.78, 5) is 16.3. The number of anilines is 2. The normalized spacial score (nSPS) is 11.4. The maximum absolute atomic E-state index is 13.8. The molecule has 4 rings (SSSR count). The van der Waals surface area contributed by atoms with E-state index in [4.69, 9.17) is 4.74 Å². The fourth-order valence-corrected chi connectivity index (χ4v) is 3.91. The molecule has 0 bridgehead atoms. The van der Waals surface area contributed by atoms with Crippen LogP contribution < -0.4 is 5.32 Å². The lowest BCUT2D eigenvalue weighted by atomic mass is 10.1. The molecule has 0 spiro atoms. The van der Waals surface area contributed by atoms with Gasteiger partial charge in [-0.15, -0.1) is 0 Å². The number of benzene rings is 2. The second-order valence-corrected chi connectivity index (χ2v) is 8.48. The summed E-state index contributed by atoms with van der Waals surface area (Å²) in [6.45, 7) is 2.01. The Labute approximate surface area is 207 Å². The number of halogens is 4. The van der Waals surface area contributed by atoms with Crippen LogP contribution in [0.1, 0.15) is 28.4 Å². The first-order valence-electron chi connectivity index (χ1n) is 10.6. The van der Waals surface area contributed by atoms with E-state index in [1.165, 1.54) is 19.4 Å². The molecule has 35 heavy (non-hydrogen) atoms. The van der Waals surface area contributed by atoms with Crippen molar-refractivity contribution in [2.24, 2.45) is 0 Å². The minimum Gasteiger partial charge on any atom is -0.465 e. The van der Waals surface area contributed by atoms with Crippen LogP contribution in [0.2, 0.25) is 0 Å². The first-order valence-corrected chi connectivity index (χ1v) is 11.4. The van der Waals surface area contributed by atoms with Crippen LogP contribution in [0.15, 0.2) is 71.3 Å². The molecule has 10 heteroatoms. The number of esters is 1. The van der Waals surface area contributed by atoms with Crippen molar-refractivity contribution < 1.29 is 22.7 Å². The maximum atomic E-state index is 13.8. The van der Waals surface area contributed by atoms with Gasteiger partial charge in [-0.25, -0.2) is 9.78 Å². The number of aromatic nitrogens is 3. The van der Waals surface area contributed by atoms with Crippen LogP contribution in [-0.2, 0) is 17.3 Å². The largest absolute Gasteiger partial charge is 0.465 e.